The van der Waals surface area contributed by atoms with Crippen LogP contribution in [-0.2, 0) is 0 Å². The van der Waals surface area contributed by atoms with E-state index < -0.39 is 12.3 Å². The van der Waals surface area contributed by atoms with Crippen LogP contribution in [0.15, 0.2) is 36.7 Å². The van der Waals surface area contributed by atoms with Gasteiger partial charge in [0.25, 0.3) is 12.3 Å². The van der Waals surface area contributed by atoms with Crippen molar-refractivity contribution in [2.45, 2.75) is 6.43 Å². The van der Waals surface area contributed by atoms with Crippen molar-refractivity contribution in [3.63, 3.8) is 0 Å². The van der Waals surface area contributed by atoms with Crippen molar-refractivity contribution < 1.29 is 13.6 Å². The van der Waals surface area contributed by atoms with E-state index in [4.69, 9.17) is 5.84 Å². The predicted octanol–water partition coefficient (Wildman–Crippen LogP) is 1.68. The number of rotatable bonds is 3. The Morgan fingerprint density at radius 3 is 2.47 bits per heavy atom. The Morgan fingerprint density at radius 1 is 1.21 bits per heavy atom. The molecule has 0 unspecified atom stereocenters. The van der Waals surface area contributed by atoms with Crippen LogP contribution < -0.4 is 11.3 Å². The molecule has 19 heavy (non-hydrogen) atoms. The van der Waals surface area contributed by atoms with Gasteiger partial charge in [-0.3, -0.25) is 15.2 Å². The highest BCUT2D eigenvalue weighted by atomic mass is 19.3. The normalized spacial score (nSPS) is 10.5. The lowest BCUT2D eigenvalue weighted by Gasteiger charge is -2.04. The van der Waals surface area contributed by atoms with Crippen molar-refractivity contribution in [2.75, 3.05) is 0 Å². The molecule has 0 radical (unpaired) electrons. The molecule has 2 rings (SSSR count). The Hall–Kier alpha value is -2.41. The van der Waals surface area contributed by atoms with Gasteiger partial charge in [-0.1, -0.05) is 24.3 Å². The molecule has 7 heteroatoms. The van der Waals surface area contributed by atoms with Crippen LogP contribution in [0.5, 0.6) is 0 Å². The number of aromatic nitrogens is 2. The van der Waals surface area contributed by atoms with Crippen molar-refractivity contribution in [1.29, 1.82) is 0 Å². The Morgan fingerprint density at radius 2 is 1.89 bits per heavy atom. The summed E-state index contributed by atoms with van der Waals surface area (Å²) in [4.78, 5) is 19.2. The number of carbonyl (C=O) groups is 1. The molecule has 0 bridgehead atoms. The largest absolute Gasteiger partial charge is 0.289 e. The lowest BCUT2D eigenvalue weighted by atomic mass is 10.1. The van der Waals surface area contributed by atoms with Gasteiger partial charge >= 0.3 is 0 Å². The quantitative estimate of drug-likeness (QED) is 0.502. The first-order valence-electron chi connectivity index (χ1n) is 5.33. The van der Waals surface area contributed by atoms with Crippen molar-refractivity contribution in [3.05, 3.63) is 47.9 Å². The van der Waals surface area contributed by atoms with E-state index in [9.17, 15) is 13.6 Å². The number of nitrogens with one attached hydrogen (secondary N) is 1. The lowest BCUT2D eigenvalue weighted by Crippen LogP contribution is -2.30. The van der Waals surface area contributed by atoms with Crippen LogP contribution >= 0.6 is 0 Å². The van der Waals surface area contributed by atoms with Gasteiger partial charge < -0.3 is 0 Å². The molecule has 0 saturated carbocycles. The number of hydrogen-bond donors (Lipinski definition) is 2. The summed E-state index contributed by atoms with van der Waals surface area (Å²) in [5.41, 5.74) is 2.91. The summed E-state index contributed by atoms with van der Waals surface area (Å²) in [5.74, 6) is 4.42. The van der Waals surface area contributed by atoms with E-state index in [1.165, 1.54) is 36.7 Å². The molecule has 3 N–H and O–H groups in total. The number of nitrogen functional groups attached to an aromatic ring is 1. The zero-order valence-electron chi connectivity index (χ0n) is 9.68. The van der Waals surface area contributed by atoms with Crippen LogP contribution in [0.4, 0.5) is 8.78 Å². The number of hydrazine groups is 1. The Bertz CT molecular complexity index is 587. The van der Waals surface area contributed by atoms with Crippen LogP contribution in [0.1, 0.15) is 22.5 Å². The smallest absolute Gasteiger partial charge is 0.285 e. The summed E-state index contributed by atoms with van der Waals surface area (Å²) in [6.07, 6.45) is 0.179. The van der Waals surface area contributed by atoms with E-state index in [1.807, 2.05) is 5.43 Å². The third kappa shape index (κ3) is 2.89. The lowest BCUT2D eigenvalue weighted by molar-refractivity contribution is 0.0948. The SMILES string of the molecule is NNC(=O)c1cncc(-c2ccc(C(F)F)cc2)n1. The third-order valence-electron chi connectivity index (χ3n) is 2.46. The summed E-state index contributed by atoms with van der Waals surface area (Å²) in [5, 5.41) is 0. The van der Waals surface area contributed by atoms with Gasteiger partial charge in [-0.15, -0.1) is 0 Å². The number of halogens is 2. The molecule has 5 nitrogen and oxygen atoms in total. The molecule has 1 aromatic heterocycles. The van der Waals surface area contributed by atoms with Gasteiger partial charge in [-0.25, -0.2) is 19.6 Å². The van der Waals surface area contributed by atoms with Crippen LogP contribution in [0.2, 0.25) is 0 Å². The number of alkyl halides is 2. The molecule has 98 valence electrons. The van der Waals surface area contributed by atoms with Crippen molar-refractivity contribution >= 4 is 5.91 Å². The minimum Gasteiger partial charge on any atom is -0.289 e. The number of benzene rings is 1. The predicted molar refractivity (Wildman–Crippen MR) is 64.1 cm³/mol. The molecule has 0 saturated heterocycles. The zero-order valence-corrected chi connectivity index (χ0v) is 9.68. The summed E-state index contributed by atoms with van der Waals surface area (Å²) < 4.78 is 24.8. The van der Waals surface area contributed by atoms with Crippen molar-refractivity contribution in [3.8, 4) is 11.3 Å². The van der Waals surface area contributed by atoms with Crippen LogP contribution in [0.25, 0.3) is 11.3 Å². The van der Waals surface area contributed by atoms with E-state index in [0.717, 1.165) is 0 Å². The number of amides is 1. The van der Waals surface area contributed by atoms with E-state index in [2.05, 4.69) is 9.97 Å². The molecule has 0 spiro atoms. The highest BCUT2D eigenvalue weighted by Crippen LogP contribution is 2.22. The second-order valence-electron chi connectivity index (χ2n) is 3.69. The average molecular weight is 264 g/mol. The van der Waals surface area contributed by atoms with Gasteiger partial charge in [-0.05, 0) is 0 Å². The molecule has 1 amide bonds. The van der Waals surface area contributed by atoms with Crippen LogP contribution in [0.3, 0.4) is 0 Å². The number of carbonyl (C=O) groups excluding carboxylic acids is 1. The molecule has 2 aromatic rings. The highest BCUT2D eigenvalue weighted by Gasteiger charge is 2.10. The summed E-state index contributed by atoms with van der Waals surface area (Å²) in [6, 6.07) is 5.60. The minimum atomic E-state index is -2.52. The molecule has 0 aliphatic heterocycles. The Kier molecular flexibility index (Phi) is 3.76. The molecular weight excluding hydrogens is 254 g/mol. The van der Waals surface area contributed by atoms with Crippen LogP contribution in [-0.4, -0.2) is 15.9 Å². The van der Waals surface area contributed by atoms with Gasteiger partial charge in [0, 0.05) is 11.1 Å². The first kappa shape index (κ1) is 13.0. The maximum atomic E-state index is 12.4. The summed E-state index contributed by atoms with van der Waals surface area (Å²) in [6.45, 7) is 0. The number of nitrogens with two attached hydrogens (primary N) is 1. The number of hydrogen-bond acceptors (Lipinski definition) is 4. The monoisotopic (exact) mass is 264 g/mol. The fraction of sp³-hybridized carbons (Fsp3) is 0.0833. The van der Waals surface area contributed by atoms with Gasteiger partial charge in [0.2, 0.25) is 0 Å². The summed E-state index contributed by atoms with van der Waals surface area (Å²) >= 11 is 0. The molecule has 0 aliphatic rings. The maximum absolute atomic E-state index is 12.4. The molecule has 1 heterocycles. The molecule has 0 aliphatic carbocycles. The van der Waals surface area contributed by atoms with Crippen molar-refractivity contribution in [2.24, 2.45) is 5.84 Å². The standard InChI is InChI=1S/C12H10F2N4O/c13-11(14)8-3-1-7(2-4-8)9-5-16-6-10(17-9)12(19)18-15/h1-6,11H,15H2,(H,18,19). The van der Waals surface area contributed by atoms with Crippen LogP contribution in [0, 0.1) is 0 Å². The molecule has 1 aromatic carbocycles. The first-order chi connectivity index (χ1) is 9.11. The van der Waals surface area contributed by atoms with Gasteiger partial charge in [0.15, 0.2) is 0 Å². The maximum Gasteiger partial charge on any atom is 0.285 e. The minimum absolute atomic E-state index is 0.0536. The summed E-state index contributed by atoms with van der Waals surface area (Å²) in [7, 11) is 0. The molecule has 0 atom stereocenters. The number of nitrogens with zero attached hydrogens (tertiary/aromatic N) is 2. The van der Waals surface area contributed by atoms with Gasteiger partial charge in [0.05, 0.1) is 18.1 Å². The van der Waals surface area contributed by atoms with E-state index in [1.54, 1.807) is 0 Å². The topological polar surface area (TPSA) is 80.9 Å². The van der Waals surface area contributed by atoms with E-state index >= 15 is 0 Å². The first-order valence-corrected chi connectivity index (χ1v) is 5.33. The van der Waals surface area contributed by atoms with Gasteiger partial charge in [-0.2, -0.15) is 0 Å². The van der Waals surface area contributed by atoms with E-state index in [-0.39, 0.29) is 11.3 Å². The second kappa shape index (κ2) is 5.49. The molecular formula is C12H10F2N4O. The average Bonchev–Trinajstić information content (AvgIpc) is 2.46. The molecule has 0 fully saturated rings. The Labute approximate surface area is 107 Å². The zero-order chi connectivity index (χ0) is 13.8. The third-order valence-corrected chi connectivity index (χ3v) is 2.46. The second-order valence-corrected chi connectivity index (χ2v) is 3.69. The Balaban J connectivity index is 2.33. The fourth-order valence-corrected chi connectivity index (χ4v) is 1.49. The van der Waals surface area contributed by atoms with Crippen molar-refractivity contribution in [1.82, 2.24) is 15.4 Å². The fourth-order valence-electron chi connectivity index (χ4n) is 1.49. The van der Waals surface area contributed by atoms with Gasteiger partial charge in [0.1, 0.15) is 5.69 Å². The highest BCUT2D eigenvalue weighted by molar-refractivity contribution is 5.91. The van der Waals surface area contributed by atoms with E-state index in [0.29, 0.717) is 11.3 Å².